The van der Waals surface area contributed by atoms with Crippen LogP contribution in [0.15, 0.2) is 90.2 Å². The Hall–Kier alpha value is -4.69. The Kier molecular flexibility index (Phi) is 7.39. The van der Waals surface area contributed by atoms with Gasteiger partial charge >= 0.3 is 0 Å². The summed E-state index contributed by atoms with van der Waals surface area (Å²) in [5, 5.41) is 19.3. The number of hydrogen-bond acceptors (Lipinski definition) is 5. The molecule has 41 heavy (non-hydrogen) atoms. The van der Waals surface area contributed by atoms with Gasteiger partial charge in [0.1, 0.15) is 0 Å². The molecule has 6 rings (SSSR count). The number of H-pyrrole nitrogens is 1. The summed E-state index contributed by atoms with van der Waals surface area (Å²) in [6, 6.07) is 23.3. The predicted molar refractivity (Wildman–Crippen MR) is 162 cm³/mol. The number of aliphatic imine (C=N–C) groups is 1. The van der Waals surface area contributed by atoms with Crippen molar-refractivity contribution in [2.75, 3.05) is 13.1 Å². The number of hydrogen-bond donors (Lipinski definition) is 3. The number of carbonyl (C=O) groups is 1. The zero-order valence-corrected chi connectivity index (χ0v) is 23.3. The van der Waals surface area contributed by atoms with Crippen LogP contribution in [0.2, 0.25) is 0 Å². The van der Waals surface area contributed by atoms with Crippen molar-refractivity contribution < 1.29 is 9.90 Å². The van der Waals surface area contributed by atoms with E-state index in [-0.39, 0.29) is 17.8 Å². The maximum Gasteiger partial charge on any atom is 0.251 e. The van der Waals surface area contributed by atoms with Gasteiger partial charge in [0, 0.05) is 41.8 Å². The van der Waals surface area contributed by atoms with Crippen LogP contribution >= 0.6 is 0 Å². The van der Waals surface area contributed by atoms with E-state index in [1.54, 1.807) is 16.9 Å². The summed E-state index contributed by atoms with van der Waals surface area (Å²) in [6.07, 6.45) is 6.11. The summed E-state index contributed by atoms with van der Waals surface area (Å²) in [6.45, 7) is 5.10. The molecule has 2 aromatic heterocycles. The van der Waals surface area contributed by atoms with Gasteiger partial charge in [0.15, 0.2) is 5.88 Å². The number of aromatic hydroxyl groups is 1. The number of nitrogens with zero attached hydrogens (tertiary/aromatic N) is 4. The predicted octanol–water partition coefficient (Wildman–Crippen LogP) is 5.86. The van der Waals surface area contributed by atoms with Crippen molar-refractivity contribution >= 4 is 28.2 Å². The number of carbonyl (C=O) groups excluding carboxylic acids is 1. The van der Waals surface area contributed by atoms with Gasteiger partial charge in [-0.3, -0.25) is 14.4 Å². The molecule has 1 aliphatic heterocycles. The average Bonchev–Trinajstić information content (AvgIpc) is 3.72. The first-order valence-electron chi connectivity index (χ1n) is 14.0. The van der Waals surface area contributed by atoms with Gasteiger partial charge in [-0.05, 0) is 74.3 Å². The second-order valence-corrected chi connectivity index (χ2v) is 10.7. The zero-order valence-electron chi connectivity index (χ0n) is 23.3. The van der Waals surface area contributed by atoms with E-state index in [1.807, 2.05) is 74.8 Å². The molecule has 8 nitrogen and oxygen atoms in total. The van der Waals surface area contributed by atoms with Crippen LogP contribution in [0, 0.1) is 0 Å². The molecule has 3 N–H and O–H groups in total. The fourth-order valence-electron chi connectivity index (χ4n) is 5.52. The number of rotatable bonds is 8. The fraction of sp³-hybridized carbons (Fsp3) is 0.242. The van der Waals surface area contributed by atoms with Gasteiger partial charge in [-0.1, -0.05) is 42.5 Å². The minimum atomic E-state index is -0.190. The number of aromatic amines is 1. The van der Waals surface area contributed by atoms with Crippen LogP contribution in [0.5, 0.6) is 5.88 Å². The van der Waals surface area contributed by atoms with Crippen molar-refractivity contribution in [1.82, 2.24) is 25.0 Å². The molecule has 0 bridgehead atoms. The highest BCUT2D eigenvalue weighted by Crippen LogP contribution is 2.32. The second-order valence-electron chi connectivity index (χ2n) is 10.7. The monoisotopic (exact) mass is 546 g/mol. The molecule has 1 amide bonds. The third-order valence-electron chi connectivity index (χ3n) is 7.66. The maximum atomic E-state index is 13.3. The van der Waals surface area contributed by atoms with Crippen LogP contribution in [0.25, 0.3) is 10.9 Å². The van der Waals surface area contributed by atoms with Gasteiger partial charge in [0.2, 0.25) is 0 Å². The Balaban J connectivity index is 1.38. The molecule has 0 unspecified atom stereocenters. The Morgan fingerprint density at radius 3 is 2.61 bits per heavy atom. The van der Waals surface area contributed by atoms with Crippen LogP contribution in [0.1, 0.15) is 58.4 Å². The Labute approximate surface area is 239 Å². The number of fused-ring (bicyclic) bond motifs is 1. The summed E-state index contributed by atoms with van der Waals surface area (Å²) in [5.74, 6) is -0.199. The minimum Gasteiger partial charge on any atom is -0.494 e. The molecular weight excluding hydrogens is 512 g/mol. The van der Waals surface area contributed by atoms with Crippen LogP contribution in [-0.2, 0) is 13.6 Å². The Bertz CT molecular complexity index is 1710. The number of aromatic nitrogens is 3. The van der Waals surface area contributed by atoms with Crippen LogP contribution in [-0.4, -0.2) is 49.5 Å². The molecule has 1 atom stereocenters. The highest BCUT2D eigenvalue weighted by Gasteiger charge is 2.22. The molecule has 3 heterocycles. The first-order valence-corrected chi connectivity index (χ1v) is 14.0. The van der Waals surface area contributed by atoms with E-state index < -0.39 is 0 Å². The van der Waals surface area contributed by atoms with Gasteiger partial charge in [-0.2, -0.15) is 5.10 Å². The van der Waals surface area contributed by atoms with E-state index in [2.05, 4.69) is 32.4 Å². The number of likely N-dealkylation sites (tertiary alicyclic amines) is 1. The topological polar surface area (TPSA) is 98.5 Å². The van der Waals surface area contributed by atoms with Crippen molar-refractivity contribution in [2.24, 2.45) is 12.0 Å². The molecule has 208 valence electrons. The zero-order chi connectivity index (χ0) is 28.3. The molecule has 0 aliphatic carbocycles. The van der Waals surface area contributed by atoms with Crippen molar-refractivity contribution in [3.8, 4) is 5.88 Å². The molecular formula is C33H34N6O2. The van der Waals surface area contributed by atoms with Gasteiger partial charge in [-0.25, -0.2) is 4.99 Å². The van der Waals surface area contributed by atoms with E-state index in [9.17, 15) is 9.90 Å². The fourth-order valence-corrected chi connectivity index (χ4v) is 5.52. The lowest BCUT2D eigenvalue weighted by atomic mass is 10.0. The molecule has 5 aromatic rings. The molecule has 0 saturated carbocycles. The Morgan fingerprint density at radius 2 is 1.85 bits per heavy atom. The first-order chi connectivity index (χ1) is 19.9. The third-order valence-corrected chi connectivity index (χ3v) is 7.66. The second kappa shape index (κ2) is 11.4. The molecule has 1 saturated heterocycles. The minimum absolute atomic E-state index is 0.00830. The number of benzene rings is 3. The van der Waals surface area contributed by atoms with Crippen LogP contribution in [0.4, 0.5) is 5.69 Å². The molecule has 1 aliphatic rings. The largest absolute Gasteiger partial charge is 0.494 e. The third kappa shape index (κ3) is 5.78. The Morgan fingerprint density at radius 1 is 1.05 bits per heavy atom. The number of aryl methyl sites for hydroxylation is 1. The lowest BCUT2D eigenvalue weighted by Crippen LogP contribution is -2.26. The standard InChI is InChI=1S/C33H34N6O2/c1-22(24-10-4-3-5-11-24)35-32(40)25-13-14-29-28(18-25)30(33(41)37-29)31(26-19-34-38(2)21-26)36-27-12-8-9-23(17-27)20-39-15-6-7-16-39/h3-5,8-14,17-19,21-22,37,41H,6-7,15-16,20H2,1-2H3,(H,35,40)/t22-/m1/s1. The lowest BCUT2D eigenvalue weighted by molar-refractivity contribution is 0.0940. The van der Waals surface area contributed by atoms with E-state index in [0.29, 0.717) is 27.7 Å². The van der Waals surface area contributed by atoms with Crippen molar-refractivity contribution in [2.45, 2.75) is 32.4 Å². The van der Waals surface area contributed by atoms with Crippen molar-refractivity contribution in [1.29, 1.82) is 0 Å². The lowest BCUT2D eigenvalue weighted by Gasteiger charge is -2.15. The van der Waals surface area contributed by atoms with E-state index >= 15 is 0 Å². The number of nitrogens with one attached hydrogen (secondary N) is 2. The van der Waals surface area contributed by atoms with Crippen molar-refractivity contribution in [3.63, 3.8) is 0 Å². The summed E-state index contributed by atoms with van der Waals surface area (Å²) >= 11 is 0. The van der Waals surface area contributed by atoms with Crippen LogP contribution in [0.3, 0.4) is 0 Å². The summed E-state index contributed by atoms with van der Waals surface area (Å²) in [5.41, 5.74) is 6.11. The maximum absolute atomic E-state index is 13.3. The highest BCUT2D eigenvalue weighted by molar-refractivity contribution is 6.22. The average molecular weight is 547 g/mol. The summed E-state index contributed by atoms with van der Waals surface area (Å²) in [4.78, 5) is 23.9. The molecule has 0 spiro atoms. The van der Waals surface area contributed by atoms with Gasteiger partial charge in [-0.15, -0.1) is 0 Å². The molecule has 1 fully saturated rings. The molecule has 8 heteroatoms. The summed E-state index contributed by atoms with van der Waals surface area (Å²) < 4.78 is 1.71. The van der Waals surface area contributed by atoms with Crippen LogP contribution < -0.4 is 5.32 Å². The highest BCUT2D eigenvalue weighted by atomic mass is 16.3. The first kappa shape index (κ1) is 26.5. The number of amides is 1. The molecule has 0 radical (unpaired) electrons. The van der Waals surface area contributed by atoms with Gasteiger partial charge in [0.25, 0.3) is 5.91 Å². The van der Waals surface area contributed by atoms with Gasteiger partial charge < -0.3 is 15.4 Å². The van der Waals surface area contributed by atoms with E-state index in [1.165, 1.54) is 18.4 Å². The quantitative estimate of drug-likeness (QED) is 0.212. The summed E-state index contributed by atoms with van der Waals surface area (Å²) in [7, 11) is 1.85. The van der Waals surface area contributed by atoms with E-state index in [4.69, 9.17) is 4.99 Å². The smallest absolute Gasteiger partial charge is 0.251 e. The van der Waals surface area contributed by atoms with Gasteiger partial charge in [0.05, 0.1) is 29.2 Å². The SMILES string of the molecule is C[C@@H](NC(=O)c1ccc2[nH]c(O)c(C(=Nc3cccc(CN4CCCC4)c3)c3cnn(C)c3)c2c1)c1ccccc1. The normalized spacial score (nSPS) is 14.9. The van der Waals surface area contributed by atoms with E-state index in [0.717, 1.165) is 36.4 Å². The molecule has 3 aromatic carbocycles. The van der Waals surface area contributed by atoms with Crippen molar-refractivity contribution in [3.05, 3.63) is 113 Å².